The van der Waals surface area contributed by atoms with Crippen LogP contribution in [0.3, 0.4) is 0 Å². The maximum atomic E-state index is 6.14. The van der Waals surface area contributed by atoms with E-state index in [0.29, 0.717) is 6.54 Å². The number of ether oxygens (including phenoxy) is 1. The summed E-state index contributed by atoms with van der Waals surface area (Å²) in [6, 6.07) is 8.52. The predicted octanol–water partition coefficient (Wildman–Crippen LogP) is 2.33. The van der Waals surface area contributed by atoms with E-state index < -0.39 is 0 Å². The van der Waals surface area contributed by atoms with Crippen LogP contribution in [-0.4, -0.2) is 25.9 Å². The van der Waals surface area contributed by atoms with Gasteiger partial charge in [-0.3, -0.25) is 0 Å². The first kappa shape index (κ1) is 24.7. The van der Waals surface area contributed by atoms with E-state index in [4.69, 9.17) is 10.1 Å². The van der Waals surface area contributed by atoms with Crippen molar-refractivity contribution in [2.24, 2.45) is 0 Å². The van der Waals surface area contributed by atoms with Gasteiger partial charge in [0, 0.05) is 0 Å². The van der Waals surface area contributed by atoms with E-state index in [-0.39, 0.29) is 63.1 Å². The average molecular weight is 365 g/mol. The molecule has 2 rings (SSSR count). The van der Waals surface area contributed by atoms with Gasteiger partial charge in [0.05, 0.1) is 0 Å². The topological polar surface area (TPSA) is 50.5 Å². The van der Waals surface area contributed by atoms with Crippen molar-refractivity contribution in [1.29, 1.82) is 5.41 Å². The van der Waals surface area contributed by atoms with Gasteiger partial charge in [0.2, 0.25) is 0 Å². The molecule has 2 unspecified atom stereocenters. The quantitative estimate of drug-likeness (QED) is 0.343. The zero-order chi connectivity index (χ0) is 18.2. The van der Waals surface area contributed by atoms with Crippen LogP contribution in [0.15, 0.2) is 60.7 Å². The minimum Gasteiger partial charge on any atom is -0.662 e. The molecule has 0 aliphatic carbocycles. The maximum absolute atomic E-state index is 6.14. The van der Waals surface area contributed by atoms with E-state index in [1.807, 2.05) is 13.1 Å². The average Bonchev–Trinajstić information content (AvgIpc) is 3.28. The Morgan fingerprint density at radius 2 is 1.92 bits per heavy atom. The van der Waals surface area contributed by atoms with Gasteiger partial charge >= 0.3 is 51.4 Å². The zero-order valence-corrected chi connectivity index (χ0v) is 19.4. The number of hydrogen-bond acceptors (Lipinski definition) is 2. The standard InChI is InChI=1S/C19H24NO.C2H5N.K/c1-6-8-17(15(4)7-2)18-19(21-18,13-20-5)16-11-9-14(3)10-12-16;1-2-3;/h6,8-12,18H,1,4,7,13H2,2-3,5H3;2-3H,1H3;/q-1;;+1/b17-8+;;. The summed E-state index contributed by atoms with van der Waals surface area (Å²) in [5.41, 5.74) is 4.33. The van der Waals surface area contributed by atoms with E-state index in [9.17, 15) is 0 Å². The molecule has 1 saturated heterocycles. The molecule has 1 aromatic carbocycles. The van der Waals surface area contributed by atoms with Crippen LogP contribution in [0.4, 0.5) is 0 Å². The van der Waals surface area contributed by atoms with Crippen molar-refractivity contribution in [3.05, 3.63) is 77.2 Å². The van der Waals surface area contributed by atoms with Crippen LogP contribution in [0.1, 0.15) is 31.4 Å². The number of allylic oxidation sites excluding steroid dienone is 2. The van der Waals surface area contributed by atoms with Gasteiger partial charge in [0.15, 0.2) is 0 Å². The van der Waals surface area contributed by atoms with Crippen molar-refractivity contribution in [2.75, 3.05) is 13.6 Å². The van der Waals surface area contributed by atoms with Crippen molar-refractivity contribution in [3.8, 4) is 0 Å². The Morgan fingerprint density at radius 1 is 1.36 bits per heavy atom. The smallest absolute Gasteiger partial charge is 0.662 e. The first-order valence-corrected chi connectivity index (χ1v) is 8.27. The fourth-order valence-corrected chi connectivity index (χ4v) is 2.71. The van der Waals surface area contributed by atoms with Gasteiger partial charge in [-0.1, -0.05) is 62.1 Å². The van der Waals surface area contributed by atoms with Crippen molar-refractivity contribution >= 4 is 6.21 Å². The largest absolute Gasteiger partial charge is 1.00 e. The van der Waals surface area contributed by atoms with E-state index in [1.54, 1.807) is 13.0 Å². The van der Waals surface area contributed by atoms with Gasteiger partial charge in [-0.15, -0.1) is 6.54 Å². The second kappa shape index (κ2) is 12.1. The molecule has 1 heterocycles. The number of hydrogen-bond donors (Lipinski definition) is 1. The number of likely N-dealkylation sites (N-methyl/N-ethyl adjacent to an activating group) is 1. The Labute approximate surface area is 195 Å². The summed E-state index contributed by atoms with van der Waals surface area (Å²) in [4.78, 5) is 0. The first-order valence-electron chi connectivity index (χ1n) is 8.27. The molecule has 0 bridgehead atoms. The molecule has 130 valence electrons. The first-order chi connectivity index (χ1) is 11.5. The molecule has 4 heteroatoms. The Balaban J connectivity index is 0.00000134. The third-order valence-electron chi connectivity index (χ3n) is 4.04. The predicted molar refractivity (Wildman–Crippen MR) is 104 cm³/mol. The monoisotopic (exact) mass is 364 g/mol. The number of epoxide rings is 1. The molecule has 1 aliphatic heterocycles. The van der Waals surface area contributed by atoms with E-state index >= 15 is 0 Å². The molecule has 1 N–H and O–H groups in total. The van der Waals surface area contributed by atoms with Crippen molar-refractivity contribution in [2.45, 2.75) is 38.9 Å². The number of aryl methyl sites for hydroxylation is 1. The minimum absolute atomic E-state index is 0. The molecule has 2 atom stereocenters. The summed E-state index contributed by atoms with van der Waals surface area (Å²) in [6.45, 7) is 14.5. The molecule has 25 heavy (non-hydrogen) atoms. The zero-order valence-electron chi connectivity index (χ0n) is 16.3. The maximum Gasteiger partial charge on any atom is 1.00 e. The molecule has 3 nitrogen and oxygen atoms in total. The Bertz CT molecular complexity index is 607. The molecule has 1 fully saturated rings. The van der Waals surface area contributed by atoms with Crippen molar-refractivity contribution in [3.63, 3.8) is 0 Å². The molecule has 0 aromatic heterocycles. The van der Waals surface area contributed by atoms with Crippen molar-refractivity contribution < 1.29 is 56.1 Å². The number of benzene rings is 1. The summed E-state index contributed by atoms with van der Waals surface area (Å²) >= 11 is 0. The minimum atomic E-state index is -0.338. The second-order valence-electron chi connectivity index (χ2n) is 5.83. The number of rotatable bonds is 7. The summed E-state index contributed by atoms with van der Waals surface area (Å²) in [7, 11) is 1.83. The Hall–Kier alpha value is -0.334. The molecule has 0 amide bonds. The normalized spacial score (nSPS) is 21.3. The van der Waals surface area contributed by atoms with E-state index in [0.717, 1.165) is 17.6 Å². The summed E-state index contributed by atoms with van der Waals surface area (Å²) in [5, 5.41) is 10.4. The van der Waals surface area contributed by atoms with Crippen LogP contribution in [0.25, 0.3) is 5.32 Å². The van der Waals surface area contributed by atoms with Crippen LogP contribution >= 0.6 is 0 Å². The van der Waals surface area contributed by atoms with E-state index in [1.165, 1.54) is 17.3 Å². The second-order valence-corrected chi connectivity index (χ2v) is 5.83. The van der Waals surface area contributed by atoms with Crippen LogP contribution in [0.2, 0.25) is 0 Å². The fourth-order valence-electron chi connectivity index (χ4n) is 2.71. The molecule has 0 radical (unpaired) electrons. The molecule has 0 saturated carbocycles. The van der Waals surface area contributed by atoms with Crippen LogP contribution < -0.4 is 51.4 Å². The summed E-state index contributed by atoms with van der Waals surface area (Å²) in [6.07, 6.45) is 6.00. The Kier molecular flexibility index (Phi) is 12.0. The molecule has 0 spiro atoms. The van der Waals surface area contributed by atoms with Gasteiger partial charge in [-0.25, -0.2) is 0 Å². The van der Waals surface area contributed by atoms with Gasteiger partial charge in [-0.2, -0.15) is 7.05 Å². The third kappa shape index (κ3) is 6.40. The SMILES string of the molecule is C=C/C=C(\C(=C)CC)C1OC1(C[N-]C)c1ccc(C)cc1.CC=N.[K+]. The van der Waals surface area contributed by atoms with Gasteiger partial charge < -0.3 is 15.5 Å². The third-order valence-corrected chi connectivity index (χ3v) is 4.04. The number of nitrogens with zero attached hydrogens (tertiary/aromatic N) is 1. The molecular formula is C21H29KN2O. The Morgan fingerprint density at radius 3 is 2.36 bits per heavy atom. The number of nitrogens with one attached hydrogen (secondary N) is 1. The van der Waals surface area contributed by atoms with Crippen LogP contribution in [0.5, 0.6) is 0 Å². The van der Waals surface area contributed by atoms with Gasteiger partial charge in [0.25, 0.3) is 0 Å². The van der Waals surface area contributed by atoms with Crippen LogP contribution in [-0.2, 0) is 10.3 Å². The van der Waals surface area contributed by atoms with Gasteiger partial charge in [0.1, 0.15) is 11.7 Å². The fraction of sp³-hybridized carbons (Fsp3) is 0.381. The van der Waals surface area contributed by atoms with E-state index in [2.05, 4.69) is 56.6 Å². The van der Waals surface area contributed by atoms with Crippen LogP contribution in [0, 0.1) is 12.3 Å². The summed E-state index contributed by atoms with van der Waals surface area (Å²) < 4.78 is 6.14. The van der Waals surface area contributed by atoms with Gasteiger partial charge in [-0.05, 0) is 43.2 Å². The molecule has 1 aliphatic rings. The molecule has 1 aromatic rings. The molecular weight excluding hydrogens is 335 g/mol. The summed E-state index contributed by atoms with van der Waals surface area (Å²) in [5.74, 6) is 0. The van der Waals surface area contributed by atoms with Crippen molar-refractivity contribution in [1.82, 2.24) is 0 Å².